The van der Waals surface area contributed by atoms with Crippen molar-refractivity contribution in [3.63, 3.8) is 0 Å². The number of likely N-dealkylation sites (N-methyl/N-ethyl adjacent to an activating group) is 1. The number of rotatable bonds is 12. The molecule has 63 heavy (non-hydrogen) atoms. The molecule has 3 unspecified atom stereocenters. The fourth-order valence-corrected chi connectivity index (χ4v) is 11.4. The van der Waals surface area contributed by atoms with Crippen LogP contribution in [0.3, 0.4) is 0 Å². The van der Waals surface area contributed by atoms with Gasteiger partial charge in [-0.15, -0.1) is 0 Å². The van der Waals surface area contributed by atoms with Crippen LogP contribution in [0.4, 0.5) is 14.5 Å². The fourth-order valence-electron chi connectivity index (χ4n) is 11.4. The summed E-state index contributed by atoms with van der Waals surface area (Å²) in [5, 5.41) is 16.7. The summed E-state index contributed by atoms with van der Waals surface area (Å²) < 4.78 is 57.2. The Morgan fingerprint density at radius 2 is 1.68 bits per heavy atom. The lowest BCUT2D eigenvalue weighted by molar-refractivity contribution is -0.249. The Kier molecular flexibility index (Phi) is 11.3. The van der Waals surface area contributed by atoms with Gasteiger partial charge in [0.05, 0.1) is 25.0 Å². The zero-order valence-electron chi connectivity index (χ0n) is 36.2. The van der Waals surface area contributed by atoms with E-state index in [2.05, 4.69) is 10.3 Å². The van der Waals surface area contributed by atoms with Crippen molar-refractivity contribution in [1.29, 1.82) is 0 Å². The van der Waals surface area contributed by atoms with Crippen molar-refractivity contribution in [2.45, 2.75) is 108 Å². The second-order valence-corrected chi connectivity index (χ2v) is 18.7. The number of aromatic nitrogens is 1. The van der Waals surface area contributed by atoms with Crippen molar-refractivity contribution < 1.29 is 56.8 Å². The van der Waals surface area contributed by atoms with Gasteiger partial charge in [0.15, 0.2) is 29.4 Å². The minimum atomic E-state index is -2.36. The Labute approximate surface area is 364 Å². The molecule has 1 aliphatic heterocycles. The lowest BCUT2D eigenvalue weighted by Gasteiger charge is -2.63. The number of allylic oxidation sites excluding steroid dienone is 4. The van der Waals surface area contributed by atoms with Crippen LogP contribution in [0.25, 0.3) is 10.8 Å². The summed E-state index contributed by atoms with van der Waals surface area (Å²) in [5.74, 6) is -5.86. The summed E-state index contributed by atoms with van der Waals surface area (Å²) in [4.78, 5) is 71.6. The number of nitrogens with one attached hydrogen (secondary N) is 1. The zero-order valence-corrected chi connectivity index (χ0v) is 36.2. The zero-order chi connectivity index (χ0) is 45.3. The standard InChI is InChI=1S/C48H53F2N3O10/c1-44(2)62-39-22-33-34-21-36(49)35-20-32(54)15-17-45(35,3)47(34,50)37(55)23-46(33,4)48(39,63-44)38(56)26-61-41(58)14-13-40(57)60-25-27-7-9-28(10-8-27)42(53(5)6)43(59)52-31-12-11-30-24-51-18-16-29(30)19-31/h7-12,15-20,24,33-34,36-37,39,42,55H,13-14,21-23,25-26H2,1-6H3,(H,52,59)/t33-,34?,36-,37-,39+,42?,45?,46-,47-,48+/m0/s1. The summed E-state index contributed by atoms with van der Waals surface area (Å²) in [6, 6.07) is 13.9. The number of nitrogens with zero attached hydrogens (tertiary/aromatic N) is 2. The first-order valence-corrected chi connectivity index (χ1v) is 21.3. The van der Waals surface area contributed by atoms with Crippen LogP contribution in [0, 0.1) is 22.7 Å². The Morgan fingerprint density at radius 1 is 0.968 bits per heavy atom. The van der Waals surface area contributed by atoms with E-state index in [0.717, 1.165) is 22.4 Å². The van der Waals surface area contributed by atoms with Gasteiger partial charge in [-0.05, 0) is 112 Å². The maximum atomic E-state index is 17.7. The van der Waals surface area contributed by atoms with Gasteiger partial charge < -0.3 is 29.4 Å². The smallest absolute Gasteiger partial charge is 0.306 e. The van der Waals surface area contributed by atoms with E-state index in [0.29, 0.717) is 11.3 Å². The van der Waals surface area contributed by atoms with Crippen molar-refractivity contribution >= 4 is 45.9 Å². The number of benzene rings is 2. The number of Topliss-reactive ketones (excluding diaryl/α,β-unsaturated/α-hetero) is 1. The van der Waals surface area contributed by atoms with E-state index in [1.807, 2.05) is 24.3 Å². The molecule has 15 heteroatoms. The first kappa shape index (κ1) is 44.4. The van der Waals surface area contributed by atoms with Gasteiger partial charge in [0.1, 0.15) is 18.8 Å². The molecule has 3 aromatic rings. The molecule has 0 radical (unpaired) electrons. The van der Waals surface area contributed by atoms with Gasteiger partial charge in [0.2, 0.25) is 11.7 Å². The van der Waals surface area contributed by atoms with Crippen molar-refractivity contribution in [1.82, 2.24) is 9.88 Å². The molecule has 334 valence electrons. The molecular formula is C48H53F2N3O10. The lowest BCUT2D eigenvalue weighted by Crippen LogP contribution is -2.71. The van der Waals surface area contributed by atoms with E-state index in [1.54, 1.807) is 76.4 Å². The van der Waals surface area contributed by atoms with Crippen LogP contribution in [-0.2, 0) is 49.5 Å². The highest BCUT2D eigenvalue weighted by Gasteiger charge is 2.80. The molecule has 8 rings (SSSR count). The highest BCUT2D eigenvalue weighted by molar-refractivity contribution is 6.01. The Bertz CT molecular complexity index is 2420. The van der Waals surface area contributed by atoms with Gasteiger partial charge in [0, 0.05) is 40.2 Å². The van der Waals surface area contributed by atoms with Crippen LogP contribution in [0.15, 0.2) is 84.7 Å². The normalized spacial score (nSPS) is 33.1. The summed E-state index contributed by atoms with van der Waals surface area (Å²) >= 11 is 0. The molecule has 2 aromatic carbocycles. The van der Waals surface area contributed by atoms with Gasteiger partial charge in [-0.25, -0.2) is 8.78 Å². The van der Waals surface area contributed by atoms with Gasteiger partial charge in [-0.1, -0.05) is 43.3 Å². The number of amides is 1. The van der Waals surface area contributed by atoms with Gasteiger partial charge in [-0.3, -0.25) is 33.9 Å². The van der Waals surface area contributed by atoms with Crippen LogP contribution in [0.2, 0.25) is 0 Å². The van der Waals surface area contributed by atoms with Gasteiger partial charge in [0.25, 0.3) is 0 Å². The number of halogens is 2. The Hall–Kier alpha value is -5.22. The summed E-state index contributed by atoms with van der Waals surface area (Å²) in [5.41, 5.74) is -4.98. The molecule has 4 fully saturated rings. The highest BCUT2D eigenvalue weighted by Crippen LogP contribution is 2.72. The number of alkyl halides is 2. The third-order valence-corrected chi connectivity index (χ3v) is 14.3. The fraction of sp³-hybridized carbons (Fsp3) is 0.500. The van der Waals surface area contributed by atoms with E-state index in [1.165, 1.54) is 19.1 Å². The number of hydrogen-bond donors (Lipinski definition) is 2. The molecular weight excluding hydrogens is 817 g/mol. The Balaban J connectivity index is 0.865. The first-order valence-electron chi connectivity index (χ1n) is 21.3. The number of carbonyl (C=O) groups is 5. The van der Waals surface area contributed by atoms with Crippen LogP contribution >= 0.6 is 0 Å². The molecule has 1 saturated heterocycles. The molecule has 4 aliphatic carbocycles. The molecule has 1 aromatic heterocycles. The highest BCUT2D eigenvalue weighted by atomic mass is 19.1. The number of pyridine rings is 1. The number of esters is 2. The van der Waals surface area contributed by atoms with Crippen molar-refractivity contribution in [2.75, 3.05) is 26.0 Å². The third-order valence-electron chi connectivity index (χ3n) is 14.3. The molecule has 3 saturated carbocycles. The van der Waals surface area contributed by atoms with Crippen molar-refractivity contribution in [3.05, 3.63) is 95.9 Å². The number of fused-ring (bicyclic) bond motifs is 8. The summed E-state index contributed by atoms with van der Waals surface area (Å²) in [7, 11) is 3.60. The average Bonchev–Trinajstić information content (AvgIpc) is 3.65. The molecule has 10 atom stereocenters. The first-order chi connectivity index (χ1) is 29.7. The third kappa shape index (κ3) is 7.40. The van der Waals surface area contributed by atoms with Crippen molar-refractivity contribution in [3.8, 4) is 0 Å². The van der Waals surface area contributed by atoms with Crippen LogP contribution in [0.1, 0.15) is 77.0 Å². The maximum Gasteiger partial charge on any atom is 0.306 e. The molecule has 13 nitrogen and oxygen atoms in total. The quantitative estimate of drug-likeness (QED) is 0.197. The van der Waals surface area contributed by atoms with E-state index >= 15 is 8.78 Å². The summed E-state index contributed by atoms with van der Waals surface area (Å²) in [6.07, 6.45) is 1.73. The predicted molar refractivity (Wildman–Crippen MR) is 225 cm³/mol. The number of ether oxygens (including phenoxy) is 4. The predicted octanol–water partition coefficient (Wildman–Crippen LogP) is 6.23. The van der Waals surface area contributed by atoms with E-state index in [9.17, 15) is 29.1 Å². The Morgan fingerprint density at radius 3 is 2.40 bits per heavy atom. The van der Waals surface area contributed by atoms with E-state index in [4.69, 9.17) is 18.9 Å². The topological polar surface area (TPSA) is 171 Å². The maximum absolute atomic E-state index is 17.7. The molecule has 2 N–H and O–H groups in total. The summed E-state index contributed by atoms with van der Waals surface area (Å²) in [6.45, 7) is 5.66. The van der Waals surface area contributed by atoms with E-state index < -0.39 is 94.3 Å². The van der Waals surface area contributed by atoms with Gasteiger partial charge in [-0.2, -0.15) is 0 Å². The number of carbonyl (C=O) groups excluding carboxylic acids is 5. The molecule has 1 amide bonds. The number of hydrogen-bond acceptors (Lipinski definition) is 12. The van der Waals surface area contributed by atoms with Crippen LogP contribution in [-0.4, -0.2) is 101 Å². The second kappa shape index (κ2) is 16.1. The largest absolute Gasteiger partial charge is 0.461 e. The number of anilines is 1. The minimum Gasteiger partial charge on any atom is -0.461 e. The minimum absolute atomic E-state index is 0.00732. The lowest BCUT2D eigenvalue weighted by atomic mass is 9.44. The average molecular weight is 870 g/mol. The number of aliphatic hydroxyl groups excluding tert-OH is 1. The molecule has 5 aliphatic rings. The van der Waals surface area contributed by atoms with Crippen molar-refractivity contribution in [2.24, 2.45) is 22.7 Å². The molecule has 0 bridgehead atoms. The van der Waals surface area contributed by atoms with E-state index in [-0.39, 0.29) is 50.2 Å². The second-order valence-electron chi connectivity index (χ2n) is 18.7. The number of ketones is 2. The van der Waals surface area contributed by atoms with Crippen LogP contribution in [0.5, 0.6) is 0 Å². The molecule has 0 spiro atoms. The SMILES string of the molecule is CN(C)C(C(=O)Nc1ccc2cnccc2c1)c1ccc(COC(=O)CCC(=O)OCC(=O)[C@@]23OC(C)(C)O[C@@H]2C[C@H]2C4C[C@H](F)C5=CC(=O)C=CC5(C)[C@@]4(F)[C@@H](O)C[C@@]23C)cc1. The van der Waals surface area contributed by atoms with Gasteiger partial charge >= 0.3 is 11.9 Å². The molecule has 2 heterocycles. The van der Waals surface area contributed by atoms with Crippen LogP contribution < -0.4 is 5.32 Å². The monoisotopic (exact) mass is 869 g/mol. The number of aliphatic hydroxyl groups is 1.